The molecule has 186 valence electrons. The van der Waals surface area contributed by atoms with Gasteiger partial charge in [0.15, 0.2) is 0 Å². The Labute approximate surface area is 219 Å². The van der Waals surface area contributed by atoms with E-state index < -0.39 is 28.5 Å². The van der Waals surface area contributed by atoms with E-state index in [-0.39, 0.29) is 12.5 Å². The molecule has 2 aromatic rings. The molecule has 0 saturated heterocycles. The third-order valence-corrected chi connectivity index (χ3v) is 7.63. The minimum absolute atomic E-state index is 0.0526. The van der Waals surface area contributed by atoms with E-state index in [9.17, 15) is 18.0 Å². The summed E-state index contributed by atoms with van der Waals surface area (Å²) >= 11 is 16.1. The zero-order valence-electron chi connectivity index (χ0n) is 19.2. The predicted molar refractivity (Wildman–Crippen MR) is 141 cm³/mol. The summed E-state index contributed by atoms with van der Waals surface area (Å²) in [5.74, 6) is -0.886. The zero-order chi connectivity index (χ0) is 25.5. The fraction of sp³-hybridized carbons (Fsp3) is 0.391. The van der Waals surface area contributed by atoms with Crippen LogP contribution in [0.4, 0.5) is 5.69 Å². The summed E-state index contributed by atoms with van der Waals surface area (Å²) in [5.41, 5.74) is 0.797. The van der Waals surface area contributed by atoms with Gasteiger partial charge in [0.2, 0.25) is 21.8 Å². The second-order valence-electron chi connectivity index (χ2n) is 7.66. The molecule has 0 spiro atoms. The Hall–Kier alpha value is -1.81. The lowest BCUT2D eigenvalue weighted by Crippen LogP contribution is -2.52. The average Bonchev–Trinajstić information content (AvgIpc) is 2.77. The fourth-order valence-corrected chi connectivity index (χ4v) is 5.38. The number of nitrogens with one attached hydrogen (secondary N) is 1. The van der Waals surface area contributed by atoms with Crippen LogP contribution in [0.1, 0.15) is 32.3 Å². The number of nitrogens with zero attached hydrogens (tertiary/aromatic N) is 2. The number of rotatable bonds is 11. The molecule has 34 heavy (non-hydrogen) atoms. The molecular formula is C23H28BrCl2N3O4S. The molecule has 1 N–H and O–H groups in total. The Morgan fingerprint density at radius 1 is 1.06 bits per heavy atom. The van der Waals surface area contributed by atoms with Crippen LogP contribution in [0.5, 0.6) is 0 Å². The van der Waals surface area contributed by atoms with Crippen molar-refractivity contribution in [1.82, 2.24) is 10.2 Å². The molecule has 7 nitrogen and oxygen atoms in total. The lowest BCUT2D eigenvalue weighted by Gasteiger charge is -2.33. The number of hydrogen-bond acceptors (Lipinski definition) is 4. The van der Waals surface area contributed by atoms with Gasteiger partial charge in [0.05, 0.1) is 11.9 Å². The topological polar surface area (TPSA) is 86.8 Å². The Morgan fingerprint density at radius 3 is 2.21 bits per heavy atom. The summed E-state index contributed by atoms with van der Waals surface area (Å²) in [6.07, 6.45) is 2.08. The van der Waals surface area contributed by atoms with Crippen LogP contribution in [-0.2, 0) is 26.2 Å². The van der Waals surface area contributed by atoms with Gasteiger partial charge in [-0.05, 0) is 53.0 Å². The number of anilines is 1. The first kappa shape index (κ1) is 28.4. The van der Waals surface area contributed by atoms with E-state index >= 15 is 0 Å². The van der Waals surface area contributed by atoms with Crippen LogP contribution >= 0.6 is 39.1 Å². The molecule has 0 radical (unpaired) electrons. The molecule has 0 heterocycles. The highest BCUT2D eigenvalue weighted by Gasteiger charge is 2.32. The van der Waals surface area contributed by atoms with Crippen LogP contribution < -0.4 is 9.62 Å². The summed E-state index contributed by atoms with van der Waals surface area (Å²) in [7, 11) is -3.82. The molecular weight excluding hydrogens is 565 g/mol. The molecule has 0 aliphatic rings. The molecule has 0 aliphatic carbocycles. The highest BCUT2D eigenvalue weighted by Crippen LogP contribution is 2.29. The highest BCUT2D eigenvalue weighted by atomic mass is 79.9. The molecule has 0 unspecified atom stereocenters. The predicted octanol–water partition coefficient (Wildman–Crippen LogP) is 4.86. The van der Waals surface area contributed by atoms with Crippen LogP contribution in [0, 0.1) is 0 Å². The first-order valence-corrected chi connectivity index (χ1v) is 14.1. The van der Waals surface area contributed by atoms with E-state index in [1.54, 1.807) is 49.4 Å². The van der Waals surface area contributed by atoms with Crippen LogP contribution in [0.15, 0.2) is 46.9 Å². The maximum Gasteiger partial charge on any atom is 0.244 e. The minimum Gasteiger partial charge on any atom is -0.354 e. The van der Waals surface area contributed by atoms with Crippen molar-refractivity contribution in [3.05, 3.63) is 62.5 Å². The number of amides is 2. The molecule has 2 aromatic carbocycles. The first-order chi connectivity index (χ1) is 16.0. The Morgan fingerprint density at radius 2 is 1.68 bits per heavy atom. The van der Waals surface area contributed by atoms with Crippen molar-refractivity contribution < 1.29 is 18.0 Å². The number of benzene rings is 2. The fourth-order valence-electron chi connectivity index (χ4n) is 3.39. The van der Waals surface area contributed by atoms with Crippen molar-refractivity contribution in [2.45, 2.75) is 39.3 Å². The summed E-state index contributed by atoms with van der Waals surface area (Å²) in [6.45, 7) is 3.61. The number of carbonyl (C=O) groups excluding carboxylic acids is 2. The van der Waals surface area contributed by atoms with Crippen LogP contribution in [0.3, 0.4) is 0 Å². The van der Waals surface area contributed by atoms with Gasteiger partial charge in [0.25, 0.3) is 0 Å². The van der Waals surface area contributed by atoms with Gasteiger partial charge in [-0.1, -0.05) is 55.2 Å². The molecule has 0 bridgehead atoms. The van der Waals surface area contributed by atoms with E-state index in [0.717, 1.165) is 17.0 Å². The molecule has 2 amide bonds. The average molecular weight is 593 g/mol. The summed E-state index contributed by atoms with van der Waals surface area (Å²) in [4.78, 5) is 27.9. The maximum absolute atomic E-state index is 13.6. The van der Waals surface area contributed by atoms with Crippen molar-refractivity contribution >= 4 is 66.7 Å². The first-order valence-electron chi connectivity index (χ1n) is 10.7. The maximum atomic E-state index is 13.6. The third-order valence-electron chi connectivity index (χ3n) is 5.13. The molecule has 0 aromatic heterocycles. The van der Waals surface area contributed by atoms with Crippen molar-refractivity contribution in [2.24, 2.45) is 0 Å². The molecule has 2 rings (SSSR count). The number of hydrogen-bond donors (Lipinski definition) is 1. The van der Waals surface area contributed by atoms with Crippen LogP contribution in [-0.4, -0.2) is 50.5 Å². The lowest BCUT2D eigenvalue weighted by molar-refractivity contribution is -0.140. The van der Waals surface area contributed by atoms with Gasteiger partial charge in [-0.3, -0.25) is 13.9 Å². The van der Waals surface area contributed by atoms with E-state index in [0.29, 0.717) is 38.7 Å². The van der Waals surface area contributed by atoms with Gasteiger partial charge >= 0.3 is 0 Å². The highest BCUT2D eigenvalue weighted by molar-refractivity contribution is 9.10. The van der Waals surface area contributed by atoms with Gasteiger partial charge in [-0.25, -0.2) is 8.42 Å². The molecule has 0 aliphatic heterocycles. The van der Waals surface area contributed by atoms with Gasteiger partial charge in [0, 0.05) is 33.2 Å². The largest absolute Gasteiger partial charge is 0.354 e. The summed E-state index contributed by atoms with van der Waals surface area (Å²) in [5, 5.41) is 3.51. The normalized spacial score (nSPS) is 12.2. The standard InChI is InChI=1S/C23H28BrCl2N3O4S/c1-4-13-27-23(31)20(5-2)28(14-16-18(25)10-8-11-19(16)26)22(30)15-29(34(3,32)33)21-12-7-6-9-17(21)24/h6-12,20H,4-5,13-15H2,1-3H3,(H,27,31)/t20-/m0/s1. The van der Waals surface area contributed by atoms with Crippen LogP contribution in [0.25, 0.3) is 0 Å². The van der Waals surface area contributed by atoms with E-state index in [1.165, 1.54) is 4.90 Å². The second-order valence-corrected chi connectivity index (χ2v) is 11.2. The summed E-state index contributed by atoms with van der Waals surface area (Å²) in [6, 6.07) is 10.8. The third kappa shape index (κ3) is 7.34. The molecule has 11 heteroatoms. The SMILES string of the molecule is CCCNC(=O)[C@H](CC)N(Cc1c(Cl)cccc1Cl)C(=O)CN(c1ccccc1Br)S(C)(=O)=O. The van der Waals surface area contributed by atoms with Gasteiger partial charge < -0.3 is 10.2 Å². The molecule has 1 atom stereocenters. The zero-order valence-corrected chi connectivity index (χ0v) is 23.1. The second kappa shape index (κ2) is 12.8. The van der Waals surface area contributed by atoms with Crippen molar-refractivity contribution in [3.63, 3.8) is 0 Å². The van der Waals surface area contributed by atoms with Gasteiger partial charge in [0.1, 0.15) is 12.6 Å². The van der Waals surface area contributed by atoms with Crippen molar-refractivity contribution in [1.29, 1.82) is 0 Å². The van der Waals surface area contributed by atoms with E-state index in [4.69, 9.17) is 23.2 Å². The van der Waals surface area contributed by atoms with Gasteiger partial charge in [-0.2, -0.15) is 0 Å². The smallest absolute Gasteiger partial charge is 0.244 e. The Kier molecular flexibility index (Phi) is 10.7. The molecule has 0 saturated carbocycles. The van der Waals surface area contributed by atoms with Crippen molar-refractivity contribution in [3.8, 4) is 0 Å². The summed E-state index contributed by atoms with van der Waals surface area (Å²) < 4.78 is 26.8. The number of carbonyl (C=O) groups is 2. The monoisotopic (exact) mass is 591 g/mol. The number of sulfonamides is 1. The van der Waals surface area contributed by atoms with E-state index in [2.05, 4.69) is 21.2 Å². The lowest BCUT2D eigenvalue weighted by atomic mass is 10.1. The number of para-hydroxylation sites is 1. The quantitative estimate of drug-likeness (QED) is 0.404. The van der Waals surface area contributed by atoms with Crippen LogP contribution in [0.2, 0.25) is 10.0 Å². The minimum atomic E-state index is -3.82. The Balaban J connectivity index is 2.50. The van der Waals surface area contributed by atoms with E-state index in [1.807, 2.05) is 6.92 Å². The van der Waals surface area contributed by atoms with Crippen molar-refractivity contribution in [2.75, 3.05) is 23.7 Å². The number of halogens is 3. The Bertz CT molecular complexity index is 1110. The molecule has 0 fully saturated rings. The van der Waals surface area contributed by atoms with Gasteiger partial charge in [-0.15, -0.1) is 0 Å².